The maximum Gasteiger partial charge on any atom is 0.223 e. The van der Waals surface area contributed by atoms with E-state index in [9.17, 15) is 0 Å². The lowest BCUT2D eigenvalue weighted by atomic mass is 10.2. The summed E-state index contributed by atoms with van der Waals surface area (Å²) < 4.78 is 5.11. The van der Waals surface area contributed by atoms with E-state index < -0.39 is 0 Å². The van der Waals surface area contributed by atoms with E-state index in [1.54, 1.807) is 7.11 Å². The first-order valence-electron chi connectivity index (χ1n) is 5.29. The first kappa shape index (κ1) is 13.2. The van der Waals surface area contributed by atoms with Gasteiger partial charge in [-0.05, 0) is 26.3 Å². The molecule has 90 valence electrons. The summed E-state index contributed by atoms with van der Waals surface area (Å²) in [6, 6.07) is 2.10. The molecule has 0 saturated carbocycles. The van der Waals surface area contributed by atoms with Gasteiger partial charge in [0.1, 0.15) is 0 Å². The van der Waals surface area contributed by atoms with Gasteiger partial charge >= 0.3 is 0 Å². The molecule has 4 nitrogen and oxygen atoms in total. The Labute approximate surface area is 101 Å². The maximum atomic E-state index is 5.72. The molecule has 0 amide bonds. The summed E-state index contributed by atoms with van der Waals surface area (Å²) >= 11 is 5.72. The van der Waals surface area contributed by atoms with Crippen LogP contribution in [0.5, 0.6) is 0 Å². The highest BCUT2D eigenvalue weighted by molar-refractivity contribution is 6.17. The van der Waals surface area contributed by atoms with E-state index in [-0.39, 0.29) is 6.04 Å². The molecule has 5 heteroatoms. The minimum atomic E-state index is 0.156. The third-order valence-corrected chi connectivity index (χ3v) is 2.36. The number of halogens is 1. The number of methoxy groups -OCH3 is 1. The minimum Gasteiger partial charge on any atom is -0.383 e. The van der Waals surface area contributed by atoms with E-state index in [0.717, 1.165) is 17.8 Å². The number of nitrogens with zero attached hydrogens (tertiary/aromatic N) is 2. The van der Waals surface area contributed by atoms with Crippen LogP contribution in [-0.2, 0) is 4.74 Å². The van der Waals surface area contributed by atoms with Crippen LogP contribution in [0.25, 0.3) is 0 Å². The Morgan fingerprint density at radius 1 is 1.38 bits per heavy atom. The number of nitrogens with one attached hydrogen (secondary N) is 1. The molecule has 0 aliphatic rings. The van der Waals surface area contributed by atoms with E-state index >= 15 is 0 Å². The second-order valence-electron chi connectivity index (χ2n) is 3.75. The number of anilines is 1. The summed E-state index contributed by atoms with van der Waals surface area (Å²) in [5.41, 5.74) is 1.91. The van der Waals surface area contributed by atoms with E-state index in [1.807, 2.05) is 19.9 Å². The van der Waals surface area contributed by atoms with Crippen LogP contribution in [0.2, 0.25) is 0 Å². The van der Waals surface area contributed by atoms with Gasteiger partial charge in [-0.15, -0.1) is 11.6 Å². The zero-order valence-corrected chi connectivity index (χ0v) is 10.7. The summed E-state index contributed by atoms with van der Waals surface area (Å²) in [7, 11) is 1.67. The third kappa shape index (κ3) is 4.33. The molecule has 0 spiro atoms. The monoisotopic (exact) mass is 243 g/mol. The highest BCUT2D eigenvalue weighted by Gasteiger charge is 2.09. The Morgan fingerprint density at radius 2 is 2.00 bits per heavy atom. The fourth-order valence-electron chi connectivity index (χ4n) is 1.50. The quantitative estimate of drug-likeness (QED) is 0.778. The fraction of sp³-hybridized carbons (Fsp3) is 0.636. The maximum absolute atomic E-state index is 5.72. The largest absolute Gasteiger partial charge is 0.383 e. The number of aromatic nitrogens is 2. The molecule has 0 aliphatic carbocycles. The third-order valence-electron chi connectivity index (χ3n) is 2.14. The van der Waals surface area contributed by atoms with Crippen LogP contribution in [0.3, 0.4) is 0 Å². The van der Waals surface area contributed by atoms with Crippen molar-refractivity contribution in [1.82, 2.24) is 9.97 Å². The lowest BCUT2D eigenvalue weighted by Gasteiger charge is -2.17. The van der Waals surface area contributed by atoms with Gasteiger partial charge in [-0.3, -0.25) is 0 Å². The lowest BCUT2D eigenvalue weighted by molar-refractivity contribution is 0.184. The van der Waals surface area contributed by atoms with Crippen LogP contribution >= 0.6 is 11.6 Å². The Morgan fingerprint density at radius 3 is 2.50 bits per heavy atom. The van der Waals surface area contributed by atoms with Crippen LogP contribution < -0.4 is 5.32 Å². The van der Waals surface area contributed by atoms with Crippen molar-refractivity contribution in [3.05, 3.63) is 17.5 Å². The van der Waals surface area contributed by atoms with E-state index in [2.05, 4.69) is 15.3 Å². The summed E-state index contributed by atoms with van der Waals surface area (Å²) in [5.74, 6) is 1.23. The van der Waals surface area contributed by atoms with Crippen LogP contribution in [0.15, 0.2) is 6.07 Å². The van der Waals surface area contributed by atoms with Crippen molar-refractivity contribution in [2.75, 3.05) is 24.9 Å². The van der Waals surface area contributed by atoms with E-state index in [1.165, 1.54) is 0 Å². The highest BCUT2D eigenvalue weighted by atomic mass is 35.5. The SMILES string of the molecule is COCC(CCCl)Nc1nc(C)cc(C)n1. The summed E-state index contributed by atoms with van der Waals surface area (Å²) in [6.07, 6.45) is 0.825. The van der Waals surface area contributed by atoms with Gasteiger partial charge in [-0.2, -0.15) is 0 Å². The fourth-order valence-corrected chi connectivity index (χ4v) is 1.77. The molecule has 1 unspecified atom stereocenters. The van der Waals surface area contributed by atoms with Crippen molar-refractivity contribution >= 4 is 17.5 Å². The predicted molar refractivity (Wildman–Crippen MR) is 66.1 cm³/mol. The van der Waals surface area contributed by atoms with E-state index in [0.29, 0.717) is 18.4 Å². The summed E-state index contributed by atoms with van der Waals surface area (Å²) in [5, 5.41) is 3.23. The van der Waals surface area contributed by atoms with Crippen LogP contribution in [0, 0.1) is 13.8 Å². The predicted octanol–water partition coefficient (Wildman–Crippen LogP) is 2.15. The second-order valence-corrected chi connectivity index (χ2v) is 4.13. The molecule has 0 fully saturated rings. The molecular formula is C11H18ClN3O. The van der Waals surface area contributed by atoms with Gasteiger partial charge in [0.25, 0.3) is 0 Å². The van der Waals surface area contributed by atoms with Gasteiger partial charge in [-0.1, -0.05) is 0 Å². The van der Waals surface area contributed by atoms with Crippen molar-refractivity contribution in [2.45, 2.75) is 26.3 Å². The first-order valence-corrected chi connectivity index (χ1v) is 5.83. The molecule has 1 heterocycles. The zero-order valence-electron chi connectivity index (χ0n) is 9.96. The number of aryl methyl sites for hydroxylation is 2. The number of rotatable bonds is 6. The lowest BCUT2D eigenvalue weighted by Crippen LogP contribution is -2.26. The number of hydrogen-bond acceptors (Lipinski definition) is 4. The van der Waals surface area contributed by atoms with E-state index in [4.69, 9.17) is 16.3 Å². The minimum absolute atomic E-state index is 0.156. The second kappa shape index (κ2) is 6.66. The van der Waals surface area contributed by atoms with Gasteiger partial charge in [0.05, 0.1) is 12.6 Å². The van der Waals surface area contributed by atoms with Gasteiger partial charge in [0, 0.05) is 24.4 Å². The van der Waals surface area contributed by atoms with Gasteiger partial charge in [0.15, 0.2) is 0 Å². The average Bonchev–Trinajstić information content (AvgIpc) is 2.16. The number of hydrogen-bond donors (Lipinski definition) is 1. The Kier molecular flexibility index (Phi) is 5.49. The van der Waals surface area contributed by atoms with Crippen molar-refractivity contribution in [2.24, 2.45) is 0 Å². The number of alkyl halides is 1. The normalized spacial score (nSPS) is 12.5. The molecule has 0 aromatic carbocycles. The smallest absolute Gasteiger partial charge is 0.223 e. The molecular weight excluding hydrogens is 226 g/mol. The van der Waals surface area contributed by atoms with Crippen molar-refractivity contribution in [3.63, 3.8) is 0 Å². The standard InChI is InChI=1S/C11H18ClN3O/c1-8-6-9(2)14-11(13-8)15-10(4-5-12)7-16-3/h6,10H,4-5,7H2,1-3H3,(H,13,14,15). The molecule has 0 radical (unpaired) electrons. The van der Waals surface area contributed by atoms with Crippen molar-refractivity contribution in [1.29, 1.82) is 0 Å². The zero-order chi connectivity index (χ0) is 12.0. The topological polar surface area (TPSA) is 47.0 Å². The molecule has 16 heavy (non-hydrogen) atoms. The Balaban J connectivity index is 2.68. The molecule has 0 aliphatic heterocycles. The Bertz CT molecular complexity index is 307. The average molecular weight is 244 g/mol. The van der Waals surface area contributed by atoms with Gasteiger partial charge in [0.2, 0.25) is 5.95 Å². The van der Waals surface area contributed by atoms with Crippen molar-refractivity contribution < 1.29 is 4.74 Å². The van der Waals surface area contributed by atoms with Crippen LogP contribution in [0.4, 0.5) is 5.95 Å². The van der Waals surface area contributed by atoms with Crippen molar-refractivity contribution in [3.8, 4) is 0 Å². The summed E-state index contributed by atoms with van der Waals surface area (Å²) in [4.78, 5) is 8.63. The van der Waals surface area contributed by atoms with Gasteiger partial charge in [-0.25, -0.2) is 9.97 Å². The molecule has 1 rings (SSSR count). The molecule has 0 saturated heterocycles. The van der Waals surface area contributed by atoms with Gasteiger partial charge < -0.3 is 10.1 Å². The molecule has 1 atom stereocenters. The molecule has 1 aromatic rings. The van der Waals surface area contributed by atoms with Crippen LogP contribution in [0.1, 0.15) is 17.8 Å². The molecule has 1 N–H and O–H groups in total. The molecule has 0 bridgehead atoms. The highest BCUT2D eigenvalue weighted by Crippen LogP contribution is 2.07. The first-order chi connectivity index (χ1) is 7.65. The number of ether oxygens (including phenoxy) is 1. The van der Waals surface area contributed by atoms with Crippen LogP contribution in [-0.4, -0.2) is 35.6 Å². The Hall–Kier alpha value is -0.870. The summed E-state index contributed by atoms with van der Waals surface area (Å²) in [6.45, 7) is 4.50. The molecule has 1 aromatic heterocycles.